The molecule has 3 rings (SSSR count). The van der Waals surface area contributed by atoms with E-state index in [0.29, 0.717) is 24.2 Å². The Morgan fingerprint density at radius 2 is 2.25 bits per heavy atom. The average molecular weight is 273 g/mol. The Bertz CT molecular complexity index is 692. The summed E-state index contributed by atoms with van der Waals surface area (Å²) in [4.78, 5) is 29.3. The minimum Gasteiger partial charge on any atom is -0.480 e. The number of likely N-dealkylation sites (tertiary alicyclic amines) is 1. The van der Waals surface area contributed by atoms with Crippen LogP contribution in [0.1, 0.15) is 28.9 Å². The smallest absolute Gasteiger partial charge is 0.326 e. The zero-order valence-corrected chi connectivity index (χ0v) is 11.1. The SMILES string of the molecule is Cc1cn2ccc(C(=O)N3CCCC3C(=O)O)cc2n1. The molecule has 20 heavy (non-hydrogen) atoms. The highest BCUT2D eigenvalue weighted by molar-refractivity contribution is 5.97. The van der Waals surface area contributed by atoms with Gasteiger partial charge in [-0.1, -0.05) is 0 Å². The summed E-state index contributed by atoms with van der Waals surface area (Å²) in [6, 6.07) is 2.69. The lowest BCUT2D eigenvalue weighted by molar-refractivity contribution is -0.141. The van der Waals surface area contributed by atoms with Gasteiger partial charge in [0.1, 0.15) is 11.7 Å². The molecule has 2 aromatic heterocycles. The number of nitrogens with zero attached hydrogens (tertiary/aromatic N) is 3. The predicted molar refractivity (Wildman–Crippen MR) is 71.6 cm³/mol. The molecule has 1 fully saturated rings. The van der Waals surface area contributed by atoms with Crippen LogP contribution >= 0.6 is 0 Å². The number of carbonyl (C=O) groups excluding carboxylic acids is 1. The van der Waals surface area contributed by atoms with E-state index >= 15 is 0 Å². The molecule has 3 heterocycles. The third-order valence-corrected chi connectivity index (χ3v) is 3.63. The van der Waals surface area contributed by atoms with E-state index in [9.17, 15) is 9.59 Å². The van der Waals surface area contributed by atoms with Crippen molar-refractivity contribution >= 4 is 17.5 Å². The van der Waals surface area contributed by atoms with Gasteiger partial charge in [-0.15, -0.1) is 0 Å². The van der Waals surface area contributed by atoms with Gasteiger partial charge in [0.05, 0.1) is 5.69 Å². The van der Waals surface area contributed by atoms with Crippen LogP contribution in [0.4, 0.5) is 0 Å². The third kappa shape index (κ3) is 2.03. The summed E-state index contributed by atoms with van der Waals surface area (Å²) in [5.41, 5.74) is 2.05. The summed E-state index contributed by atoms with van der Waals surface area (Å²) in [5, 5.41) is 9.14. The van der Waals surface area contributed by atoms with E-state index in [-0.39, 0.29) is 5.91 Å². The van der Waals surface area contributed by atoms with Crippen LogP contribution in [0.25, 0.3) is 5.65 Å². The number of hydrogen-bond donors (Lipinski definition) is 1. The van der Waals surface area contributed by atoms with Crippen molar-refractivity contribution in [2.24, 2.45) is 0 Å². The maximum absolute atomic E-state index is 12.4. The molecule has 104 valence electrons. The van der Waals surface area contributed by atoms with E-state index in [1.165, 1.54) is 4.90 Å². The maximum atomic E-state index is 12.4. The molecule has 0 radical (unpaired) electrons. The molecule has 1 aliphatic rings. The van der Waals surface area contributed by atoms with Gasteiger partial charge in [-0.25, -0.2) is 9.78 Å². The molecular weight excluding hydrogens is 258 g/mol. The van der Waals surface area contributed by atoms with Gasteiger partial charge in [0, 0.05) is 24.5 Å². The number of hydrogen-bond acceptors (Lipinski definition) is 3. The summed E-state index contributed by atoms with van der Waals surface area (Å²) in [6.07, 6.45) is 4.90. The molecule has 1 unspecified atom stereocenters. The molecule has 1 N–H and O–H groups in total. The summed E-state index contributed by atoms with van der Waals surface area (Å²) in [7, 11) is 0. The number of aliphatic carboxylic acids is 1. The van der Waals surface area contributed by atoms with E-state index in [1.807, 2.05) is 17.5 Å². The number of fused-ring (bicyclic) bond motifs is 1. The maximum Gasteiger partial charge on any atom is 0.326 e. The lowest BCUT2D eigenvalue weighted by Crippen LogP contribution is -2.40. The first kappa shape index (κ1) is 12.7. The van der Waals surface area contributed by atoms with Gasteiger partial charge in [-0.3, -0.25) is 4.79 Å². The van der Waals surface area contributed by atoms with E-state index < -0.39 is 12.0 Å². The highest BCUT2D eigenvalue weighted by Crippen LogP contribution is 2.21. The Kier molecular flexibility index (Phi) is 2.93. The van der Waals surface area contributed by atoms with Crippen LogP contribution < -0.4 is 0 Å². The van der Waals surface area contributed by atoms with Gasteiger partial charge >= 0.3 is 5.97 Å². The second-order valence-corrected chi connectivity index (χ2v) is 5.06. The number of amides is 1. The number of carboxylic acid groups (broad SMARTS) is 1. The quantitative estimate of drug-likeness (QED) is 0.895. The van der Waals surface area contributed by atoms with Crippen LogP contribution in [0, 0.1) is 6.92 Å². The molecule has 6 heteroatoms. The van der Waals surface area contributed by atoms with Gasteiger partial charge in [-0.2, -0.15) is 0 Å². The number of carboxylic acids is 1. The molecule has 2 aromatic rings. The lowest BCUT2D eigenvalue weighted by atomic mass is 10.2. The molecule has 1 amide bonds. The van der Waals surface area contributed by atoms with Crippen molar-refractivity contribution in [3.8, 4) is 0 Å². The zero-order chi connectivity index (χ0) is 14.3. The number of imidazole rings is 1. The monoisotopic (exact) mass is 273 g/mol. The van der Waals surface area contributed by atoms with Crippen LogP contribution in [-0.4, -0.2) is 43.9 Å². The van der Waals surface area contributed by atoms with E-state index in [1.54, 1.807) is 18.3 Å². The van der Waals surface area contributed by atoms with E-state index in [2.05, 4.69) is 4.98 Å². The molecule has 0 spiro atoms. The summed E-state index contributed by atoms with van der Waals surface area (Å²) in [5.74, 6) is -1.17. The first-order chi connectivity index (χ1) is 9.56. The van der Waals surface area contributed by atoms with Crippen molar-refractivity contribution in [1.29, 1.82) is 0 Å². The average Bonchev–Trinajstić information content (AvgIpc) is 3.01. The fourth-order valence-electron chi connectivity index (χ4n) is 2.67. The Labute approximate surface area is 115 Å². The van der Waals surface area contributed by atoms with Crippen LogP contribution in [0.15, 0.2) is 24.5 Å². The Balaban J connectivity index is 1.93. The van der Waals surface area contributed by atoms with Gasteiger partial charge in [0.15, 0.2) is 0 Å². The molecule has 0 aromatic carbocycles. The van der Waals surface area contributed by atoms with Gasteiger partial charge in [0.2, 0.25) is 0 Å². The number of aryl methyl sites for hydroxylation is 1. The number of rotatable bonds is 2. The van der Waals surface area contributed by atoms with Crippen molar-refractivity contribution in [2.75, 3.05) is 6.54 Å². The highest BCUT2D eigenvalue weighted by atomic mass is 16.4. The number of pyridine rings is 1. The molecule has 0 aliphatic carbocycles. The molecule has 0 bridgehead atoms. The first-order valence-electron chi connectivity index (χ1n) is 6.55. The summed E-state index contributed by atoms with van der Waals surface area (Å²) >= 11 is 0. The molecular formula is C14H15N3O3. The number of aromatic nitrogens is 2. The largest absolute Gasteiger partial charge is 0.480 e. The summed E-state index contributed by atoms with van der Waals surface area (Å²) < 4.78 is 1.84. The molecule has 1 saturated heterocycles. The van der Waals surface area contributed by atoms with Crippen LogP contribution in [-0.2, 0) is 4.79 Å². The summed E-state index contributed by atoms with van der Waals surface area (Å²) in [6.45, 7) is 2.38. The predicted octanol–water partition coefficient (Wildman–Crippen LogP) is 1.33. The van der Waals surface area contributed by atoms with Crippen molar-refractivity contribution < 1.29 is 14.7 Å². The highest BCUT2D eigenvalue weighted by Gasteiger charge is 2.34. The molecule has 1 atom stereocenters. The fraction of sp³-hybridized carbons (Fsp3) is 0.357. The molecule has 1 aliphatic heterocycles. The first-order valence-corrected chi connectivity index (χ1v) is 6.55. The minimum atomic E-state index is -0.936. The van der Waals surface area contributed by atoms with Gasteiger partial charge < -0.3 is 14.4 Å². The topological polar surface area (TPSA) is 74.9 Å². The van der Waals surface area contributed by atoms with Gasteiger partial charge in [-0.05, 0) is 31.9 Å². The van der Waals surface area contributed by atoms with Crippen molar-refractivity contribution in [3.05, 3.63) is 35.8 Å². The zero-order valence-electron chi connectivity index (χ0n) is 11.1. The minimum absolute atomic E-state index is 0.238. The van der Waals surface area contributed by atoms with E-state index in [0.717, 1.165) is 12.1 Å². The second kappa shape index (κ2) is 4.63. The number of carbonyl (C=O) groups is 2. The standard InChI is InChI=1S/C14H15N3O3/c1-9-8-16-6-4-10(7-12(16)15-9)13(18)17-5-2-3-11(17)14(19)20/h4,6-8,11H,2-3,5H2,1H3,(H,19,20). The third-order valence-electron chi connectivity index (χ3n) is 3.63. The van der Waals surface area contributed by atoms with E-state index in [4.69, 9.17) is 5.11 Å². The van der Waals surface area contributed by atoms with Gasteiger partial charge in [0.25, 0.3) is 5.91 Å². The van der Waals surface area contributed by atoms with Crippen molar-refractivity contribution in [1.82, 2.24) is 14.3 Å². The van der Waals surface area contributed by atoms with Crippen molar-refractivity contribution in [3.63, 3.8) is 0 Å². The Morgan fingerprint density at radius 3 is 3.00 bits per heavy atom. The lowest BCUT2D eigenvalue weighted by Gasteiger charge is -2.21. The normalized spacial score (nSPS) is 18.6. The Hall–Kier alpha value is -2.37. The van der Waals surface area contributed by atoms with Crippen molar-refractivity contribution in [2.45, 2.75) is 25.8 Å². The van der Waals surface area contributed by atoms with Crippen LogP contribution in [0.3, 0.4) is 0 Å². The Morgan fingerprint density at radius 1 is 1.45 bits per heavy atom. The van der Waals surface area contributed by atoms with Crippen LogP contribution in [0.5, 0.6) is 0 Å². The van der Waals surface area contributed by atoms with Crippen LogP contribution in [0.2, 0.25) is 0 Å². The molecule has 0 saturated carbocycles. The molecule has 6 nitrogen and oxygen atoms in total. The fourth-order valence-corrected chi connectivity index (χ4v) is 2.67. The second-order valence-electron chi connectivity index (χ2n) is 5.06.